The normalized spacial score (nSPS) is 31.3. The third-order valence-corrected chi connectivity index (χ3v) is 8.43. The number of fused-ring (bicyclic) bond motifs is 1. The van der Waals surface area contributed by atoms with Crippen molar-refractivity contribution in [2.45, 2.75) is 42.1 Å². The molecule has 2 aromatic rings. The number of ketones is 1. The smallest absolute Gasteiger partial charge is 0.160 e. The lowest BCUT2D eigenvalue weighted by atomic mass is 9.73. The third kappa shape index (κ3) is 2.82. The van der Waals surface area contributed by atoms with Crippen molar-refractivity contribution >= 4 is 15.6 Å². The summed E-state index contributed by atoms with van der Waals surface area (Å²) in [5.74, 6) is -0.283. The van der Waals surface area contributed by atoms with Crippen LogP contribution in [0.3, 0.4) is 0 Å². The highest BCUT2D eigenvalue weighted by molar-refractivity contribution is 7.92. The molecule has 0 N–H and O–H groups in total. The monoisotopic (exact) mass is 354 g/mol. The van der Waals surface area contributed by atoms with Crippen LogP contribution in [0, 0.1) is 5.92 Å². The van der Waals surface area contributed by atoms with Gasteiger partial charge in [-0.3, -0.25) is 4.79 Å². The summed E-state index contributed by atoms with van der Waals surface area (Å²) in [7, 11) is -3.37. The summed E-state index contributed by atoms with van der Waals surface area (Å²) in [6.07, 6.45) is 2.28. The molecule has 0 amide bonds. The highest BCUT2D eigenvalue weighted by atomic mass is 32.2. The Labute approximate surface area is 149 Å². The van der Waals surface area contributed by atoms with Crippen LogP contribution in [0.1, 0.15) is 48.0 Å². The molecule has 2 aromatic carbocycles. The van der Waals surface area contributed by atoms with Gasteiger partial charge in [-0.15, -0.1) is 0 Å². The van der Waals surface area contributed by atoms with Crippen LogP contribution in [-0.2, 0) is 14.6 Å². The van der Waals surface area contributed by atoms with Crippen molar-refractivity contribution in [1.29, 1.82) is 0 Å². The second kappa shape index (κ2) is 6.41. The summed E-state index contributed by atoms with van der Waals surface area (Å²) in [5, 5.41) is -1.07. The molecule has 4 unspecified atom stereocenters. The molecule has 0 aromatic heterocycles. The predicted octanol–water partition coefficient (Wildman–Crippen LogP) is 4.07. The van der Waals surface area contributed by atoms with Crippen LogP contribution in [0.4, 0.5) is 0 Å². The standard InChI is InChI=1S/C21H22O3S/c22-18-12-7-13-19-21(18)17(15-8-3-1-4-9-15)14-20(25(19,23)24)16-10-5-2-6-11-16/h1-6,8-11,17,19-21H,7,12-14H2. The number of sulfone groups is 1. The van der Waals surface area contributed by atoms with Crippen molar-refractivity contribution in [3.63, 3.8) is 0 Å². The van der Waals surface area contributed by atoms with Gasteiger partial charge in [0.15, 0.2) is 9.84 Å². The highest BCUT2D eigenvalue weighted by Crippen LogP contribution is 2.51. The molecular formula is C21H22O3S. The zero-order chi connectivity index (χ0) is 17.4. The van der Waals surface area contributed by atoms with Crippen LogP contribution in [0.25, 0.3) is 0 Å². The molecule has 25 heavy (non-hydrogen) atoms. The maximum atomic E-state index is 13.3. The molecule has 2 fully saturated rings. The molecule has 4 heteroatoms. The Bertz CT molecular complexity index is 859. The van der Waals surface area contributed by atoms with Crippen molar-refractivity contribution < 1.29 is 13.2 Å². The van der Waals surface area contributed by atoms with Gasteiger partial charge in [-0.2, -0.15) is 0 Å². The fourth-order valence-corrected chi connectivity index (χ4v) is 7.32. The van der Waals surface area contributed by atoms with Crippen LogP contribution in [0.5, 0.6) is 0 Å². The molecule has 1 saturated heterocycles. The molecule has 130 valence electrons. The first-order valence-corrected chi connectivity index (χ1v) is 10.6. The highest BCUT2D eigenvalue weighted by Gasteiger charge is 2.52. The number of rotatable bonds is 2. The Morgan fingerprint density at radius 3 is 2.08 bits per heavy atom. The van der Waals surface area contributed by atoms with Gasteiger partial charge in [0.1, 0.15) is 5.78 Å². The Morgan fingerprint density at radius 2 is 1.44 bits per heavy atom. The van der Waals surface area contributed by atoms with E-state index in [9.17, 15) is 13.2 Å². The van der Waals surface area contributed by atoms with Gasteiger partial charge < -0.3 is 0 Å². The van der Waals surface area contributed by atoms with Crippen molar-refractivity contribution in [3.05, 3.63) is 71.8 Å². The lowest BCUT2D eigenvalue weighted by Gasteiger charge is -2.43. The number of Topliss-reactive ketones (excluding diaryl/α,β-unsaturated/α-hetero) is 1. The molecule has 0 radical (unpaired) electrons. The quantitative estimate of drug-likeness (QED) is 0.817. The van der Waals surface area contributed by atoms with Gasteiger partial charge in [0.2, 0.25) is 0 Å². The molecular weight excluding hydrogens is 332 g/mol. The first-order valence-electron chi connectivity index (χ1n) is 8.94. The summed E-state index contributed by atoms with van der Waals surface area (Å²) in [5.41, 5.74) is 1.93. The second-order valence-electron chi connectivity index (χ2n) is 7.16. The van der Waals surface area contributed by atoms with E-state index in [-0.39, 0.29) is 17.6 Å². The first kappa shape index (κ1) is 16.5. The SMILES string of the molecule is O=C1CCCC2C1C(c1ccccc1)CC(c1ccccc1)S2(=O)=O. The summed E-state index contributed by atoms with van der Waals surface area (Å²) < 4.78 is 26.6. The minimum Gasteiger partial charge on any atom is -0.299 e. The summed E-state index contributed by atoms with van der Waals surface area (Å²) >= 11 is 0. The van der Waals surface area contributed by atoms with Gasteiger partial charge in [-0.05, 0) is 36.3 Å². The number of carbonyl (C=O) groups excluding carboxylic acids is 1. The molecule has 1 aliphatic carbocycles. The number of carbonyl (C=O) groups is 1. The minimum absolute atomic E-state index is 0.0206. The van der Waals surface area contributed by atoms with E-state index in [1.54, 1.807) is 0 Å². The van der Waals surface area contributed by atoms with Crippen LogP contribution < -0.4 is 0 Å². The Balaban J connectivity index is 1.83. The van der Waals surface area contributed by atoms with Gasteiger partial charge >= 0.3 is 0 Å². The van der Waals surface area contributed by atoms with E-state index in [1.807, 2.05) is 60.7 Å². The van der Waals surface area contributed by atoms with Crippen molar-refractivity contribution in [3.8, 4) is 0 Å². The molecule has 4 atom stereocenters. The molecule has 1 aliphatic heterocycles. The van der Waals surface area contributed by atoms with Crippen molar-refractivity contribution in [2.75, 3.05) is 0 Å². The van der Waals surface area contributed by atoms with Gasteiger partial charge in [0, 0.05) is 12.3 Å². The van der Waals surface area contributed by atoms with E-state index < -0.39 is 20.3 Å². The topological polar surface area (TPSA) is 51.2 Å². The lowest BCUT2D eigenvalue weighted by Crippen LogP contribution is -2.48. The van der Waals surface area contributed by atoms with E-state index in [2.05, 4.69) is 0 Å². The van der Waals surface area contributed by atoms with Gasteiger partial charge in [-0.25, -0.2) is 8.42 Å². The minimum atomic E-state index is -3.37. The van der Waals surface area contributed by atoms with E-state index in [4.69, 9.17) is 0 Å². The summed E-state index contributed by atoms with van der Waals surface area (Å²) in [6.45, 7) is 0. The lowest BCUT2D eigenvalue weighted by molar-refractivity contribution is -0.125. The average molecular weight is 354 g/mol. The molecule has 3 nitrogen and oxygen atoms in total. The molecule has 1 heterocycles. The summed E-state index contributed by atoms with van der Waals surface area (Å²) in [4.78, 5) is 12.7. The number of hydrogen-bond donors (Lipinski definition) is 0. The van der Waals surface area contributed by atoms with E-state index >= 15 is 0 Å². The zero-order valence-corrected chi connectivity index (χ0v) is 14.9. The first-order chi connectivity index (χ1) is 12.1. The largest absolute Gasteiger partial charge is 0.299 e. The zero-order valence-electron chi connectivity index (χ0n) is 14.0. The van der Waals surface area contributed by atoms with Crippen molar-refractivity contribution in [1.82, 2.24) is 0 Å². The van der Waals surface area contributed by atoms with E-state index in [0.717, 1.165) is 11.1 Å². The Morgan fingerprint density at radius 1 is 0.840 bits per heavy atom. The molecule has 2 aliphatic rings. The fraction of sp³-hybridized carbons (Fsp3) is 0.381. The van der Waals surface area contributed by atoms with Gasteiger partial charge in [0.25, 0.3) is 0 Å². The Hall–Kier alpha value is -1.94. The van der Waals surface area contributed by atoms with E-state index in [1.165, 1.54) is 0 Å². The van der Waals surface area contributed by atoms with Crippen LogP contribution in [0.2, 0.25) is 0 Å². The number of benzene rings is 2. The third-order valence-electron chi connectivity index (χ3n) is 5.80. The van der Waals surface area contributed by atoms with Gasteiger partial charge in [-0.1, -0.05) is 60.7 Å². The van der Waals surface area contributed by atoms with Crippen LogP contribution in [-0.4, -0.2) is 19.5 Å². The fourth-order valence-electron chi connectivity index (χ4n) is 4.64. The van der Waals surface area contributed by atoms with Crippen molar-refractivity contribution in [2.24, 2.45) is 5.92 Å². The van der Waals surface area contributed by atoms with E-state index in [0.29, 0.717) is 25.7 Å². The predicted molar refractivity (Wildman–Crippen MR) is 98.0 cm³/mol. The second-order valence-corrected chi connectivity index (χ2v) is 9.52. The van der Waals surface area contributed by atoms with Crippen LogP contribution >= 0.6 is 0 Å². The maximum absolute atomic E-state index is 13.3. The molecule has 0 spiro atoms. The Kier molecular flexibility index (Phi) is 4.24. The molecule has 1 saturated carbocycles. The number of hydrogen-bond acceptors (Lipinski definition) is 3. The molecule has 0 bridgehead atoms. The maximum Gasteiger partial charge on any atom is 0.160 e. The van der Waals surface area contributed by atoms with Gasteiger partial charge in [0.05, 0.1) is 10.5 Å². The average Bonchev–Trinajstić information content (AvgIpc) is 2.64. The summed E-state index contributed by atoms with van der Waals surface area (Å²) in [6, 6.07) is 19.4. The molecule has 4 rings (SSSR count). The van der Waals surface area contributed by atoms with Crippen LogP contribution in [0.15, 0.2) is 60.7 Å².